The van der Waals surface area contributed by atoms with Crippen LogP contribution >= 0.6 is 35.0 Å². The summed E-state index contributed by atoms with van der Waals surface area (Å²) in [6.07, 6.45) is 2.24. The quantitative estimate of drug-likeness (QED) is 0.278. The number of halogens is 2. The molecule has 0 aromatic heterocycles. The van der Waals surface area contributed by atoms with Crippen LogP contribution in [0.1, 0.15) is 25.3 Å². The molecule has 0 atom stereocenters. The predicted molar refractivity (Wildman–Crippen MR) is 107 cm³/mol. The van der Waals surface area contributed by atoms with Gasteiger partial charge in [-0.1, -0.05) is 60.8 Å². The number of rotatable bonds is 5. The summed E-state index contributed by atoms with van der Waals surface area (Å²) in [5.74, 6) is 0.941. The normalized spacial score (nSPS) is 10.7. The van der Waals surface area contributed by atoms with Crippen molar-refractivity contribution in [2.75, 3.05) is 5.75 Å². The highest BCUT2D eigenvalue weighted by Gasteiger charge is 2.10. The molecule has 0 saturated carbocycles. The zero-order valence-electron chi connectivity index (χ0n) is 13.6. The van der Waals surface area contributed by atoms with E-state index in [1.165, 1.54) is 23.9 Å². The lowest BCUT2D eigenvalue weighted by atomic mass is 10.2. The SMILES string of the molecule is CCCCSC(=N)c1c(Cl)cccc1Cl.O=S(=O)(O)c1ccccc1. The highest BCUT2D eigenvalue weighted by atomic mass is 35.5. The first-order valence-electron chi connectivity index (χ1n) is 7.45. The van der Waals surface area contributed by atoms with Crippen molar-refractivity contribution >= 4 is 50.1 Å². The van der Waals surface area contributed by atoms with Gasteiger partial charge in [-0.05, 0) is 36.4 Å². The molecule has 0 aliphatic rings. The number of hydrogen-bond acceptors (Lipinski definition) is 4. The minimum Gasteiger partial charge on any atom is -0.293 e. The molecule has 25 heavy (non-hydrogen) atoms. The van der Waals surface area contributed by atoms with E-state index in [9.17, 15) is 8.42 Å². The van der Waals surface area contributed by atoms with Gasteiger partial charge in [-0.3, -0.25) is 9.96 Å². The van der Waals surface area contributed by atoms with Crippen LogP contribution in [0.2, 0.25) is 10.0 Å². The van der Waals surface area contributed by atoms with Crippen molar-refractivity contribution < 1.29 is 13.0 Å². The molecule has 0 radical (unpaired) electrons. The first-order valence-corrected chi connectivity index (χ1v) is 10.6. The molecule has 8 heteroatoms. The van der Waals surface area contributed by atoms with Crippen LogP contribution in [0.15, 0.2) is 53.4 Å². The third-order valence-electron chi connectivity index (χ3n) is 2.98. The Labute approximate surface area is 162 Å². The van der Waals surface area contributed by atoms with Crippen molar-refractivity contribution in [3.8, 4) is 0 Å². The Morgan fingerprint density at radius 1 is 1.08 bits per heavy atom. The van der Waals surface area contributed by atoms with Crippen molar-refractivity contribution in [1.82, 2.24) is 0 Å². The van der Waals surface area contributed by atoms with E-state index < -0.39 is 10.1 Å². The number of hydrogen-bond donors (Lipinski definition) is 2. The van der Waals surface area contributed by atoms with E-state index in [4.69, 9.17) is 33.2 Å². The van der Waals surface area contributed by atoms with E-state index in [1.54, 1.807) is 36.4 Å². The van der Waals surface area contributed by atoms with Crippen LogP contribution in [-0.2, 0) is 10.1 Å². The van der Waals surface area contributed by atoms with Gasteiger partial charge in [-0.15, -0.1) is 11.8 Å². The van der Waals surface area contributed by atoms with E-state index in [-0.39, 0.29) is 4.90 Å². The molecule has 4 nitrogen and oxygen atoms in total. The van der Waals surface area contributed by atoms with Gasteiger partial charge in [0.2, 0.25) is 0 Å². The fourth-order valence-corrected chi connectivity index (χ4v) is 3.90. The Bertz CT molecular complexity index is 777. The topological polar surface area (TPSA) is 78.2 Å². The van der Waals surface area contributed by atoms with Crippen molar-refractivity contribution in [2.45, 2.75) is 24.7 Å². The summed E-state index contributed by atoms with van der Waals surface area (Å²) in [5.41, 5.74) is 0.655. The number of nitrogens with one attached hydrogen (secondary N) is 1. The smallest absolute Gasteiger partial charge is 0.293 e. The highest BCUT2D eigenvalue weighted by molar-refractivity contribution is 8.14. The lowest BCUT2D eigenvalue weighted by Crippen LogP contribution is -1.97. The van der Waals surface area contributed by atoms with Gasteiger partial charge in [0.15, 0.2) is 0 Å². The molecule has 0 spiro atoms. The number of benzene rings is 2. The summed E-state index contributed by atoms with van der Waals surface area (Å²) in [6, 6.07) is 12.7. The Kier molecular flexibility index (Phi) is 9.53. The van der Waals surface area contributed by atoms with Gasteiger partial charge < -0.3 is 0 Å². The van der Waals surface area contributed by atoms with Crippen LogP contribution in [-0.4, -0.2) is 23.8 Å². The van der Waals surface area contributed by atoms with Gasteiger partial charge in [0.25, 0.3) is 10.1 Å². The Morgan fingerprint density at radius 3 is 2.08 bits per heavy atom. The molecule has 2 aromatic carbocycles. The van der Waals surface area contributed by atoms with E-state index >= 15 is 0 Å². The molecule has 2 N–H and O–H groups in total. The monoisotopic (exact) mass is 419 g/mol. The van der Waals surface area contributed by atoms with Gasteiger partial charge in [0.1, 0.15) is 0 Å². The van der Waals surface area contributed by atoms with Crippen LogP contribution in [0.25, 0.3) is 0 Å². The van der Waals surface area contributed by atoms with Crippen molar-refractivity contribution in [3.05, 3.63) is 64.1 Å². The summed E-state index contributed by atoms with van der Waals surface area (Å²) >= 11 is 13.5. The molecule has 0 amide bonds. The molecule has 0 unspecified atom stereocenters. The summed E-state index contributed by atoms with van der Waals surface area (Å²) < 4.78 is 29.2. The lowest BCUT2D eigenvalue weighted by molar-refractivity contribution is 0.483. The first-order chi connectivity index (χ1) is 11.8. The molecular weight excluding hydrogens is 401 g/mol. The maximum atomic E-state index is 10.4. The van der Waals surface area contributed by atoms with Crippen LogP contribution in [0.3, 0.4) is 0 Å². The van der Waals surface area contributed by atoms with Crippen LogP contribution < -0.4 is 0 Å². The third kappa shape index (κ3) is 7.79. The highest BCUT2D eigenvalue weighted by Crippen LogP contribution is 2.28. The van der Waals surface area contributed by atoms with Gasteiger partial charge in [-0.25, -0.2) is 0 Å². The molecular formula is C17H19Cl2NO3S2. The molecule has 2 aromatic rings. The van der Waals surface area contributed by atoms with Gasteiger partial charge in [0, 0.05) is 5.56 Å². The number of unbranched alkanes of at least 4 members (excludes halogenated alkanes) is 1. The summed E-state index contributed by atoms with van der Waals surface area (Å²) in [5, 5.41) is 9.45. The van der Waals surface area contributed by atoms with E-state index in [2.05, 4.69) is 6.92 Å². The molecule has 0 fully saturated rings. The van der Waals surface area contributed by atoms with E-state index in [0.29, 0.717) is 20.7 Å². The second-order valence-electron chi connectivity index (χ2n) is 4.92. The second kappa shape index (κ2) is 10.8. The summed E-state index contributed by atoms with van der Waals surface area (Å²) in [7, 11) is -4.00. The molecule has 0 bridgehead atoms. The van der Waals surface area contributed by atoms with Crippen molar-refractivity contribution in [1.29, 1.82) is 5.41 Å². The van der Waals surface area contributed by atoms with Crippen LogP contribution in [0.4, 0.5) is 0 Å². The fourth-order valence-electron chi connectivity index (χ4n) is 1.70. The van der Waals surface area contributed by atoms with E-state index in [0.717, 1.165) is 18.6 Å². The van der Waals surface area contributed by atoms with Crippen LogP contribution in [0.5, 0.6) is 0 Å². The first kappa shape index (κ1) is 22.0. The molecule has 2 rings (SSSR count). The van der Waals surface area contributed by atoms with Gasteiger partial charge >= 0.3 is 0 Å². The van der Waals surface area contributed by atoms with Gasteiger partial charge in [0.05, 0.1) is 20.0 Å². The van der Waals surface area contributed by atoms with E-state index in [1.807, 2.05) is 0 Å². The number of thioether (sulfide) groups is 1. The molecule has 0 aliphatic heterocycles. The summed E-state index contributed by atoms with van der Waals surface area (Å²) in [4.78, 5) is -0.0741. The largest absolute Gasteiger partial charge is 0.294 e. The minimum absolute atomic E-state index is 0.0741. The molecule has 0 aliphatic carbocycles. The molecule has 0 saturated heterocycles. The fraction of sp³-hybridized carbons (Fsp3) is 0.235. The van der Waals surface area contributed by atoms with Crippen LogP contribution in [0, 0.1) is 5.41 Å². The zero-order chi connectivity index (χ0) is 18.9. The lowest BCUT2D eigenvalue weighted by Gasteiger charge is -2.07. The summed E-state index contributed by atoms with van der Waals surface area (Å²) in [6.45, 7) is 2.13. The zero-order valence-corrected chi connectivity index (χ0v) is 16.7. The Hall–Kier alpha value is -1.05. The third-order valence-corrected chi connectivity index (χ3v) is 5.46. The Balaban J connectivity index is 0.000000271. The standard InChI is InChI=1S/C11H13Cl2NS.C6H6O3S/c1-2-3-7-15-11(14)10-8(12)5-4-6-9(10)13;7-10(8,9)6-4-2-1-3-5-6/h4-6,14H,2-3,7H2,1H3;1-5H,(H,7,8,9). The maximum absolute atomic E-state index is 10.4. The molecule has 0 heterocycles. The maximum Gasteiger partial charge on any atom is 0.294 e. The predicted octanol–water partition coefficient (Wildman–Crippen LogP) is 5.79. The average Bonchev–Trinajstić information content (AvgIpc) is 2.56. The Morgan fingerprint density at radius 2 is 1.64 bits per heavy atom. The van der Waals surface area contributed by atoms with Gasteiger partial charge in [-0.2, -0.15) is 8.42 Å². The average molecular weight is 420 g/mol. The second-order valence-corrected chi connectivity index (χ2v) is 8.26. The van der Waals surface area contributed by atoms with Crippen molar-refractivity contribution in [3.63, 3.8) is 0 Å². The van der Waals surface area contributed by atoms with Crippen molar-refractivity contribution in [2.24, 2.45) is 0 Å². The molecule has 136 valence electrons. The minimum atomic E-state index is -4.00.